The van der Waals surface area contributed by atoms with Crippen molar-refractivity contribution in [2.24, 2.45) is 0 Å². The van der Waals surface area contributed by atoms with E-state index in [1.165, 1.54) is 22.3 Å². The summed E-state index contributed by atoms with van der Waals surface area (Å²) < 4.78 is 5.81. The fourth-order valence-corrected chi connectivity index (χ4v) is 2.50. The zero-order valence-electron chi connectivity index (χ0n) is 14.4. The smallest absolute Gasteiger partial charge is 0.119 e. The van der Waals surface area contributed by atoms with Crippen molar-refractivity contribution in [1.29, 1.82) is 0 Å². The van der Waals surface area contributed by atoms with Gasteiger partial charge >= 0.3 is 0 Å². The van der Waals surface area contributed by atoms with Gasteiger partial charge in [-0.3, -0.25) is 0 Å². The largest absolute Gasteiger partial charge is 0.489 e. The van der Waals surface area contributed by atoms with Crippen molar-refractivity contribution in [3.05, 3.63) is 101 Å². The van der Waals surface area contributed by atoms with Gasteiger partial charge in [0.15, 0.2) is 0 Å². The van der Waals surface area contributed by atoms with E-state index in [0.717, 1.165) is 18.8 Å². The van der Waals surface area contributed by atoms with Crippen LogP contribution in [0.2, 0.25) is 0 Å². The maximum atomic E-state index is 5.81. The number of nitrogens with one attached hydrogen (secondary N) is 1. The van der Waals surface area contributed by atoms with E-state index >= 15 is 0 Å². The van der Waals surface area contributed by atoms with E-state index in [2.05, 4.69) is 60.8 Å². The summed E-state index contributed by atoms with van der Waals surface area (Å²) in [6.45, 7) is 4.45. The molecule has 25 heavy (non-hydrogen) atoms. The van der Waals surface area contributed by atoms with Gasteiger partial charge in [0.1, 0.15) is 12.4 Å². The highest BCUT2D eigenvalue weighted by Gasteiger charge is 1.98. The molecule has 0 saturated heterocycles. The second kappa shape index (κ2) is 9.87. The van der Waals surface area contributed by atoms with Crippen molar-refractivity contribution in [3.63, 3.8) is 0 Å². The van der Waals surface area contributed by atoms with E-state index in [1.807, 2.05) is 30.3 Å². The molecule has 0 radical (unpaired) electrons. The fraction of sp³-hybridized carbons (Fsp3) is 0.182. The molecule has 0 bridgehead atoms. The number of hydrogen-bond acceptors (Lipinski definition) is 2. The van der Waals surface area contributed by atoms with Crippen molar-refractivity contribution in [2.75, 3.05) is 0 Å². The molecule has 0 amide bonds. The molecule has 0 saturated carbocycles. The van der Waals surface area contributed by atoms with Crippen molar-refractivity contribution in [1.82, 2.24) is 5.32 Å². The number of rotatable bonds is 7. The summed E-state index contributed by atoms with van der Waals surface area (Å²) in [6, 6.07) is 27.2. The molecule has 3 aromatic rings. The van der Waals surface area contributed by atoms with Gasteiger partial charge in [-0.25, -0.2) is 0 Å². The van der Waals surface area contributed by atoms with Gasteiger partial charge < -0.3 is 10.1 Å². The van der Waals surface area contributed by atoms with Crippen LogP contribution in [0.3, 0.4) is 0 Å². The van der Waals surface area contributed by atoms with Crippen molar-refractivity contribution in [3.8, 4) is 5.75 Å². The van der Waals surface area contributed by atoms with Gasteiger partial charge in [0, 0.05) is 13.1 Å². The van der Waals surface area contributed by atoms with Crippen LogP contribution < -0.4 is 10.1 Å². The summed E-state index contributed by atoms with van der Waals surface area (Å²) >= 11 is 0. The van der Waals surface area contributed by atoms with Crippen LogP contribution in [-0.2, 0) is 19.7 Å². The van der Waals surface area contributed by atoms with Crippen LogP contribution in [-0.4, -0.2) is 0 Å². The standard InChI is InChI=1S/C22H23NO.ClH/c1-18-7-9-19(10-8-18)15-23-16-20-11-13-22(14-12-20)24-17-21-5-3-2-4-6-21;/h2-14,23H,15-17H2,1H3;1H. The molecule has 3 heteroatoms. The van der Waals surface area contributed by atoms with Crippen molar-refractivity contribution >= 4 is 12.4 Å². The van der Waals surface area contributed by atoms with E-state index < -0.39 is 0 Å². The number of aryl methyl sites for hydroxylation is 1. The molecule has 0 heterocycles. The molecular formula is C22H24ClNO. The number of benzene rings is 3. The van der Waals surface area contributed by atoms with Crippen molar-refractivity contribution in [2.45, 2.75) is 26.6 Å². The van der Waals surface area contributed by atoms with Gasteiger partial charge in [-0.2, -0.15) is 0 Å². The zero-order valence-corrected chi connectivity index (χ0v) is 15.3. The zero-order chi connectivity index (χ0) is 16.6. The second-order valence-corrected chi connectivity index (χ2v) is 6.01. The lowest BCUT2D eigenvalue weighted by atomic mass is 10.1. The predicted octanol–water partition coefficient (Wildman–Crippen LogP) is 5.29. The summed E-state index contributed by atoms with van der Waals surface area (Å²) in [5.74, 6) is 0.904. The van der Waals surface area contributed by atoms with E-state index in [1.54, 1.807) is 0 Å². The Morgan fingerprint density at radius 1 is 0.680 bits per heavy atom. The van der Waals surface area contributed by atoms with Gasteiger partial charge in [0.05, 0.1) is 0 Å². The normalized spacial score (nSPS) is 10.1. The van der Waals surface area contributed by atoms with Crippen LogP contribution in [0.1, 0.15) is 22.3 Å². The third-order valence-corrected chi connectivity index (χ3v) is 3.95. The average molecular weight is 354 g/mol. The summed E-state index contributed by atoms with van der Waals surface area (Å²) in [5, 5.41) is 3.47. The van der Waals surface area contributed by atoms with Gasteiger partial charge in [0.25, 0.3) is 0 Å². The van der Waals surface area contributed by atoms with E-state index in [9.17, 15) is 0 Å². The van der Waals surface area contributed by atoms with Gasteiger partial charge in [-0.05, 0) is 35.7 Å². The van der Waals surface area contributed by atoms with Crippen molar-refractivity contribution < 1.29 is 4.74 Å². The minimum absolute atomic E-state index is 0. The Hall–Kier alpha value is -2.29. The third-order valence-electron chi connectivity index (χ3n) is 3.95. The highest BCUT2D eigenvalue weighted by Crippen LogP contribution is 2.14. The number of hydrogen-bond donors (Lipinski definition) is 1. The first kappa shape index (κ1) is 19.0. The number of ether oxygens (including phenoxy) is 1. The first-order valence-electron chi connectivity index (χ1n) is 8.31. The predicted molar refractivity (Wildman–Crippen MR) is 106 cm³/mol. The van der Waals surface area contributed by atoms with Crippen LogP contribution in [0, 0.1) is 6.92 Å². The highest BCUT2D eigenvalue weighted by atomic mass is 35.5. The van der Waals surface area contributed by atoms with Gasteiger partial charge in [-0.15, -0.1) is 12.4 Å². The molecule has 2 nitrogen and oxygen atoms in total. The molecule has 0 aliphatic heterocycles. The third kappa shape index (κ3) is 6.26. The molecule has 0 atom stereocenters. The fourth-order valence-electron chi connectivity index (χ4n) is 2.50. The quantitative estimate of drug-likeness (QED) is 0.623. The maximum Gasteiger partial charge on any atom is 0.119 e. The Bertz CT molecular complexity index is 739. The molecule has 3 aromatic carbocycles. The van der Waals surface area contributed by atoms with E-state index in [0.29, 0.717) is 6.61 Å². The van der Waals surface area contributed by atoms with E-state index in [-0.39, 0.29) is 12.4 Å². The summed E-state index contributed by atoms with van der Waals surface area (Å²) in [5.41, 5.74) is 5.05. The van der Waals surface area contributed by atoms with Gasteiger partial charge in [0.2, 0.25) is 0 Å². The lowest BCUT2D eigenvalue weighted by molar-refractivity contribution is 0.306. The molecule has 0 aliphatic carbocycles. The first-order chi connectivity index (χ1) is 11.8. The molecule has 0 fully saturated rings. The van der Waals surface area contributed by atoms with Crippen LogP contribution in [0.15, 0.2) is 78.9 Å². The summed E-state index contributed by atoms with van der Waals surface area (Å²) in [7, 11) is 0. The Morgan fingerprint density at radius 2 is 1.24 bits per heavy atom. The minimum Gasteiger partial charge on any atom is -0.489 e. The molecule has 130 valence electrons. The lowest BCUT2D eigenvalue weighted by Gasteiger charge is -2.08. The van der Waals surface area contributed by atoms with Crippen LogP contribution in [0.25, 0.3) is 0 Å². The van der Waals surface area contributed by atoms with Gasteiger partial charge in [-0.1, -0.05) is 72.3 Å². The molecular weight excluding hydrogens is 330 g/mol. The SMILES string of the molecule is Cc1ccc(CNCc2ccc(OCc3ccccc3)cc2)cc1.Cl. The molecule has 0 aliphatic rings. The molecule has 0 spiro atoms. The van der Waals surface area contributed by atoms with Crippen LogP contribution >= 0.6 is 12.4 Å². The number of halogens is 1. The Labute approximate surface area is 156 Å². The molecule has 0 unspecified atom stereocenters. The second-order valence-electron chi connectivity index (χ2n) is 6.01. The Kier molecular flexibility index (Phi) is 7.52. The lowest BCUT2D eigenvalue weighted by Crippen LogP contribution is -2.12. The monoisotopic (exact) mass is 353 g/mol. The highest BCUT2D eigenvalue weighted by molar-refractivity contribution is 5.85. The Balaban J connectivity index is 0.00000225. The average Bonchev–Trinajstić information content (AvgIpc) is 2.64. The van der Waals surface area contributed by atoms with Crippen LogP contribution in [0.5, 0.6) is 5.75 Å². The van der Waals surface area contributed by atoms with E-state index in [4.69, 9.17) is 4.74 Å². The molecule has 0 aromatic heterocycles. The summed E-state index contributed by atoms with van der Waals surface area (Å²) in [4.78, 5) is 0. The molecule has 1 N–H and O–H groups in total. The summed E-state index contributed by atoms with van der Waals surface area (Å²) in [6.07, 6.45) is 0. The Morgan fingerprint density at radius 3 is 1.84 bits per heavy atom. The molecule has 3 rings (SSSR count). The minimum atomic E-state index is 0. The maximum absolute atomic E-state index is 5.81. The topological polar surface area (TPSA) is 21.3 Å². The van der Waals surface area contributed by atoms with Crippen LogP contribution in [0.4, 0.5) is 0 Å². The first-order valence-corrected chi connectivity index (χ1v) is 8.31.